The lowest BCUT2D eigenvalue weighted by Crippen LogP contribution is -2.47. The Morgan fingerprint density at radius 3 is 2.42 bits per heavy atom. The van der Waals surface area contributed by atoms with E-state index in [4.69, 9.17) is 10.5 Å². The lowest BCUT2D eigenvalue weighted by molar-refractivity contribution is -0.136. The molecule has 0 spiro atoms. The summed E-state index contributed by atoms with van der Waals surface area (Å²) in [6, 6.07) is 4.01. The Labute approximate surface area is 142 Å². The fourth-order valence-electron chi connectivity index (χ4n) is 3.60. The molecule has 1 aromatic heterocycles. The van der Waals surface area contributed by atoms with Gasteiger partial charge in [0.25, 0.3) is 5.91 Å². The fourth-order valence-corrected chi connectivity index (χ4v) is 3.60. The van der Waals surface area contributed by atoms with Crippen molar-refractivity contribution < 1.29 is 14.3 Å². The third-order valence-electron chi connectivity index (χ3n) is 4.93. The van der Waals surface area contributed by atoms with E-state index in [0.29, 0.717) is 18.7 Å². The normalized spacial score (nSPS) is 24.7. The van der Waals surface area contributed by atoms with E-state index >= 15 is 0 Å². The number of ether oxygens (including phenoxy) is 1. The second-order valence-corrected chi connectivity index (χ2v) is 6.79. The molecule has 6 nitrogen and oxygen atoms in total. The van der Waals surface area contributed by atoms with Crippen molar-refractivity contribution in [3.05, 3.63) is 23.9 Å². The number of carbonyl (C=O) groups is 2. The van der Waals surface area contributed by atoms with Crippen LogP contribution in [0.3, 0.4) is 0 Å². The number of primary amides is 1. The zero-order valence-electron chi connectivity index (χ0n) is 14.1. The second kappa shape index (κ2) is 7.30. The van der Waals surface area contributed by atoms with E-state index < -0.39 is 18.1 Å². The number of aryl methyl sites for hydroxylation is 1. The molecule has 2 atom stereocenters. The predicted molar refractivity (Wildman–Crippen MR) is 90.4 cm³/mol. The molecule has 2 heterocycles. The van der Waals surface area contributed by atoms with E-state index in [0.717, 1.165) is 31.2 Å². The number of rotatable bonds is 4. The first-order valence-corrected chi connectivity index (χ1v) is 8.77. The van der Waals surface area contributed by atoms with Crippen LogP contribution in [0.4, 0.5) is 5.82 Å². The Morgan fingerprint density at radius 2 is 1.83 bits per heavy atom. The molecule has 1 saturated heterocycles. The molecule has 1 aromatic rings. The topological polar surface area (TPSA) is 85.5 Å². The van der Waals surface area contributed by atoms with Crippen LogP contribution in [0.5, 0.6) is 0 Å². The largest absolute Gasteiger partial charge is 0.367 e. The number of pyridine rings is 1. The first-order valence-electron chi connectivity index (χ1n) is 8.77. The summed E-state index contributed by atoms with van der Waals surface area (Å²) < 4.78 is 5.61. The highest BCUT2D eigenvalue weighted by molar-refractivity contribution is 5.97. The zero-order chi connectivity index (χ0) is 17.1. The average molecular weight is 331 g/mol. The Morgan fingerprint density at radius 1 is 1.12 bits per heavy atom. The molecule has 2 amide bonds. The summed E-state index contributed by atoms with van der Waals surface area (Å²) in [5.74, 6) is 0.0774. The maximum atomic E-state index is 13.1. The molecule has 0 unspecified atom stereocenters. The van der Waals surface area contributed by atoms with Gasteiger partial charge in [-0.05, 0) is 44.2 Å². The van der Waals surface area contributed by atoms with Crippen LogP contribution in [-0.4, -0.2) is 35.0 Å². The van der Waals surface area contributed by atoms with Gasteiger partial charge in [-0.2, -0.15) is 0 Å². The predicted octanol–water partition coefficient (Wildman–Crippen LogP) is 2.09. The van der Waals surface area contributed by atoms with Gasteiger partial charge < -0.3 is 10.5 Å². The maximum Gasteiger partial charge on any atom is 0.257 e. The molecule has 2 N–H and O–H groups in total. The Kier molecular flexibility index (Phi) is 5.14. The molecule has 1 saturated carbocycles. The third kappa shape index (κ3) is 3.59. The first kappa shape index (κ1) is 16.9. The quantitative estimate of drug-likeness (QED) is 0.915. The molecular weight excluding hydrogens is 306 g/mol. The summed E-state index contributed by atoms with van der Waals surface area (Å²) in [4.78, 5) is 30.7. The Hall–Kier alpha value is -1.95. The van der Waals surface area contributed by atoms with Crippen LogP contribution in [0.25, 0.3) is 0 Å². The van der Waals surface area contributed by atoms with Gasteiger partial charge in [-0.3, -0.25) is 14.5 Å². The minimum atomic E-state index is -0.655. The van der Waals surface area contributed by atoms with Crippen LogP contribution in [0.15, 0.2) is 18.3 Å². The van der Waals surface area contributed by atoms with Crippen LogP contribution in [-0.2, 0) is 14.3 Å². The van der Waals surface area contributed by atoms with Crippen molar-refractivity contribution in [3.8, 4) is 0 Å². The molecule has 130 valence electrons. The number of amides is 2. The molecule has 0 radical (unpaired) electrons. The van der Waals surface area contributed by atoms with Gasteiger partial charge in [-0.15, -0.1) is 0 Å². The minimum absolute atomic E-state index is 0.0954. The number of anilines is 1. The molecule has 1 aliphatic heterocycles. The number of hydrogen-bond donors (Lipinski definition) is 1. The summed E-state index contributed by atoms with van der Waals surface area (Å²) in [6.45, 7) is 1.97. The van der Waals surface area contributed by atoms with Crippen LogP contribution >= 0.6 is 0 Å². The van der Waals surface area contributed by atoms with E-state index in [2.05, 4.69) is 4.98 Å². The molecule has 3 rings (SSSR count). The minimum Gasteiger partial charge on any atom is -0.367 e. The summed E-state index contributed by atoms with van der Waals surface area (Å²) >= 11 is 0. The van der Waals surface area contributed by atoms with Crippen molar-refractivity contribution >= 4 is 17.6 Å². The lowest BCUT2D eigenvalue weighted by Gasteiger charge is -2.35. The van der Waals surface area contributed by atoms with Crippen LogP contribution in [0, 0.1) is 6.92 Å². The fraction of sp³-hybridized carbons (Fsp3) is 0.611. The number of nitrogens with zero attached hydrogens (tertiary/aromatic N) is 2. The monoisotopic (exact) mass is 331 g/mol. The molecule has 0 aromatic carbocycles. The number of aromatic nitrogens is 1. The number of hydrogen-bond acceptors (Lipinski definition) is 4. The molecule has 2 fully saturated rings. The average Bonchev–Trinajstić information content (AvgIpc) is 3.08. The van der Waals surface area contributed by atoms with Crippen LogP contribution in [0.2, 0.25) is 0 Å². The van der Waals surface area contributed by atoms with E-state index in [1.807, 2.05) is 19.1 Å². The van der Waals surface area contributed by atoms with Gasteiger partial charge in [-0.1, -0.05) is 25.3 Å². The molecular formula is C18H25N3O3. The summed E-state index contributed by atoms with van der Waals surface area (Å²) in [5.41, 5.74) is 6.36. The van der Waals surface area contributed by atoms with Crippen molar-refractivity contribution in [1.29, 1.82) is 0 Å². The Bertz CT molecular complexity index is 596. The van der Waals surface area contributed by atoms with E-state index in [1.54, 1.807) is 11.1 Å². The number of nitrogens with two attached hydrogens (primary N) is 1. The molecule has 24 heavy (non-hydrogen) atoms. The van der Waals surface area contributed by atoms with Crippen molar-refractivity contribution in [1.82, 2.24) is 4.98 Å². The highest BCUT2D eigenvalue weighted by Gasteiger charge is 2.39. The standard InChI is InChI=1S/C18H25N3O3/c1-12-7-10-16(20-11-12)21(13-5-3-2-4-6-13)18(23)15-9-8-14(24-15)17(19)22/h7,10-11,13-15H,2-6,8-9H2,1H3,(H2,19,22)/t14-,15+/m1/s1. The number of carbonyl (C=O) groups excluding carboxylic acids is 2. The lowest BCUT2D eigenvalue weighted by atomic mass is 9.93. The van der Waals surface area contributed by atoms with E-state index in [1.165, 1.54) is 6.42 Å². The second-order valence-electron chi connectivity index (χ2n) is 6.79. The van der Waals surface area contributed by atoms with E-state index in [-0.39, 0.29) is 11.9 Å². The van der Waals surface area contributed by atoms with E-state index in [9.17, 15) is 9.59 Å². The maximum absolute atomic E-state index is 13.1. The van der Waals surface area contributed by atoms with Gasteiger partial charge in [0.15, 0.2) is 0 Å². The molecule has 2 aliphatic rings. The highest BCUT2D eigenvalue weighted by atomic mass is 16.5. The van der Waals surface area contributed by atoms with Gasteiger partial charge in [0.1, 0.15) is 18.0 Å². The Balaban J connectivity index is 1.82. The summed E-state index contributed by atoms with van der Waals surface area (Å²) in [6.07, 6.45) is 6.97. The SMILES string of the molecule is Cc1ccc(N(C(=O)[C@@H]2CC[C@H](C(N)=O)O2)C2CCCCC2)nc1. The van der Waals surface area contributed by atoms with Crippen molar-refractivity contribution in [2.45, 2.75) is 70.1 Å². The van der Waals surface area contributed by atoms with Crippen LogP contribution < -0.4 is 10.6 Å². The first-order chi connectivity index (χ1) is 11.6. The highest BCUT2D eigenvalue weighted by Crippen LogP contribution is 2.30. The molecule has 1 aliphatic carbocycles. The van der Waals surface area contributed by atoms with Crippen molar-refractivity contribution in [3.63, 3.8) is 0 Å². The van der Waals surface area contributed by atoms with Gasteiger partial charge in [-0.25, -0.2) is 4.98 Å². The zero-order valence-corrected chi connectivity index (χ0v) is 14.1. The van der Waals surface area contributed by atoms with Gasteiger partial charge in [0.2, 0.25) is 5.91 Å². The third-order valence-corrected chi connectivity index (χ3v) is 4.93. The van der Waals surface area contributed by atoms with Crippen molar-refractivity contribution in [2.75, 3.05) is 4.90 Å². The molecule has 0 bridgehead atoms. The molecule has 6 heteroatoms. The van der Waals surface area contributed by atoms with Gasteiger partial charge in [0.05, 0.1) is 0 Å². The smallest absolute Gasteiger partial charge is 0.257 e. The van der Waals surface area contributed by atoms with Crippen LogP contribution in [0.1, 0.15) is 50.5 Å². The van der Waals surface area contributed by atoms with Crippen molar-refractivity contribution in [2.24, 2.45) is 5.73 Å². The van der Waals surface area contributed by atoms with Gasteiger partial charge in [0, 0.05) is 12.2 Å². The summed E-state index contributed by atoms with van der Waals surface area (Å²) in [5, 5.41) is 0. The van der Waals surface area contributed by atoms with Gasteiger partial charge >= 0.3 is 0 Å². The summed E-state index contributed by atoms with van der Waals surface area (Å²) in [7, 11) is 0.